The molecule has 8 heteroatoms. The number of rotatable bonds is 4. The number of hydrogen-bond acceptors (Lipinski definition) is 6. The quantitative estimate of drug-likeness (QED) is 0.353. The van der Waals surface area contributed by atoms with Gasteiger partial charge in [0.2, 0.25) is 0 Å². The Labute approximate surface area is 169 Å². The molecule has 0 radical (unpaired) electrons. The number of halogens is 1. The molecule has 1 N–H and O–H groups in total. The second-order valence-corrected chi connectivity index (χ2v) is 7.08. The molecule has 2 aromatic carbocycles. The molecule has 1 aromatic heterocycles. The van der Waals surface area contributed by atoms with Gasteiger partial charge in [0.25, 0.3) is 5.56 Å². The van der Waals surface area contributed by atoms with Crippen molar-refractivity contribution in [2.45, 2.75) is 20.8 Å². The van der Waals surface area contributed by atoms with E-state index in [0.29, 0.717) is 28.1 Å². The molecular formula is C20H17BrN4O3. The van der Waals surface area contributed by atoms with Crippen LogP contribution in [-0.2, 0) is 4.79 Å². The predicted molar refractivity (Wildman–Crippen MR) is 110 cm³/mol. The topological polar surface area (TPSA) is 96.9 Å². The number of allylic oxidation sites excluding steroid dienone is 2. The third-order valence-electron chi connectivity index (χ3n) is 4.05. The summed E-state index contributed by atoms with van der Waals surface area (Å²) in [6, 6.07) is 12.2. The van der Waals surface area contributed by atoms with E-state index in [2.05, 4.69) is 31.1 Å². The van der Waals surface area contributed by atoms with E-state index in [-0.39, 0.29) is 22.8 Å². The van der Waals surface area contributed by atoms with Crippen molar-refractivity contribution in [1.29, 1.82) is 0 Å². The summed E-state index contributed by atoms with van der Waals surface area (Å²) in [5.41, 5.74) is 1.48. The predicted octanol–water partition coefficient (Wildman–Crippen LogP) is 4.92. The highest BCUT2D eigenvalue weighted by atomic mass is 79.9. The molecule has 0 atom stereocenters. The minimum atomic E-state index is -0.379. The third kappa shape index (κ3) is 3.91. The fourth-order valence-electron chi connectivity index (χ4n) is 2.75. The van der Waals surface area contributed by atoms with Crippen molar-refractivity contribution in [3.8, 4) is 5.69 Å². The Morgan fingerprint density at radius 3 is 2.43 bits per heavy atom. The molecule has 0 aliphatic carbocycles. The van der Waals surface area contributed by atoms with Crippen molar-refractivity contribution in [1.82, 2.24) is 9.55 Å². The van der Waals surface area contributed by atoms with Crippen LogP contribution in [0.2, 0.25) is 0 Å². The lowest BCUT2D eigenvalue weighted by Crippen LogP contribution is -2.22. The number of carbonyl (C=O) groups is 1. The Kier molecular flexibility index (Phi) is 5.51. The molecule has 0 saturated carbocycles. The first-order valence-electron chi connectivity index (χ1n) is 8.40. The van der Waals surface area contributed by atoms with E-state index in [9.17, 15) is 14.7 Å². The van der Waals surface area contributed by atoms with Crippen LogP contribution in [0.25, 0.3) is 16.6 Å². The average molecular weight is 441 g/mol. The van der Waals surface area contributed by atoms with Gasteiger partial charge in [-0.1, -0.05) is 15.9 Å². The number of hydrogen-bond donors (Lipinski definition) is 1. The molecule has 0 unspecified atom stereocenters. The van der Waals surface area contributed by atoms with E-state index >= 15 is 0 Å². The van der Waals surface area contributed by atoms with Crippen molar-refractivity contribution in [2.24, 2.45) is 10.2 Å². The maximum absolute atomic E-state index is 12.9. The van der Waals surface area contributed by atoms with Crippen LogP contribution in [0.5, 0.6) is 0 Å². The van der Waals surface area contributed by atoms with E-state index in [1.807, 2.05) is 6.07 Å². The molecule has 0 aliphatic heterocycles. The van der Waals surface area contributed by atoms with Crippen molar-refractivity contribution in [3.05, 3.63) is 74.6 Å². The summed E-state index contributed by atoms with van der Waals surface area (Å²) in [5, 5.41) is 17.8. The second kappa shape index (κ2) is 7.85. The Morgan fingerprint density at radius 1 is 1.14 bits per heavy atom. The van der Waals surface area contributed by atoms with E-state index in [1.54, 1.807) is 43.3 Å². The van der Waals surface area contributed by atoms with Crippen LogP contribution in [0.15, 0.2) is 73.4 Å². The summed E-state index contributed by atoms with van der Waals surface area (Å²) in [6.07, 6.45) is 0. The molecule has 0 spiro atoms. The van der Waals surface area contributed by atoms with E-state index in [4.69, 9.17) is 0 Å². The number of nitrogens with zero attached hydrogens (tertiary/aromatic N) is 4. The highest BCUT2D eigenvalue weighted by molar-refractivity contribution is 9.10. The smallest absolute Gasteiger partial charge is 0.265 e. The zero-order chi connectivity index (χ0) is 20.4. The molecule has 7 nitrogen and oxygen atoms in total. The van der Waals surface area contributed by atoms with Gasteiger partial charge in [-0.25, -0.2) is 4.98 Å². The molecule has 0 saturated heterocycles. The van der Waals surface area contributed by atoms with Gasteiger partial charge in [-0.05, 0) is 56.3 Å². The van der Waals surface area contributed by atoms with Crippen molar-refractivity contribution in [2.75, 3.05) is 0 Å². The van der Waals surface area contributed by atoms with Crippen molar-refractivity contribution in [3.63, 3.8) is 0 Å². The van der Waals surface area contributed by atoms with Gasteiger partial charge in [-0.2, -0.15) is 5.11 Å². The molecule has 1 heterocycles. The summed E-state index contributed by atoms with van der Waals surface area (Å²) in [7, 11) is 0. The van der Waals surface area contributed by atoms with Gasteiger partial charge in [-0.3, -0.25) is 14.2 Å². The second-order valence-electron chi connectivity index (χ2n) is 6.17. The Morgan fingerprint density at radius 2 is 1.82 bits per heavy atom. The number of Topliss-reactive ketones (excluding diaryl/α,β-unsaturated/α-hetero) is 1. The molecule has 28 heavy (non-hydrogen) atoms. The summed E-state index contributed by atoms with van der Waals surface area (Å²) in [4.78, 5) is 28.9. The average Bonchev–Trinajstić information content (AvgIpc) is 2.63. The van der Waals surface area contributed by atoms with Crippen LogP contribution in [0.3, 0.4) is 0 Å². The SMILES string of the molecule is CC(=O)/C(N=Nc1ccc(-n2c(C)nc3ccc(Br)cc3c2=O)cc1)=C(/C)O. The first kappa shape index (κ1) is 19.6. The lowest BCUT2D eigenvalue weighted by Gasteiger charge is -2.11. The number of carbonyl (C=O) groups excluding carboxylic acids is 1. The number of ketones is 1. The number of benzene rings is 2. The number of fused-ring (bicyclic) bond motifs is 1. The van der Waals surface area contributed by atoms with Gasteiger partial charge < -0.3 is 5.11 Å². The molecule has 142 valence electrons. The molecule has 3 rings (SSSR count). The van der Waals surface area contributed by atoms with Gasteiger partial charge >= 0.3 is 0 Å². The van der Waals surface area contributed by atoms with Gasteiger partial charge in [-0.15, -0.1) is 5.11 Å². The lowest BCUT2D eigenvalue weighted by atomic mass is 10.2. The zero-order valence-corrected chi connectivity index (χ0v) is 17.1. The minimum absolute atomic E-state index is 0.0968. The monoisotopic (exact) mass is 440 g/mol. The van der Waals surface area contributed by atoms with Crippen molar-refractivity contribution < 1.29 is 9.90 Å². The van der Waals surface area contributed by atoms with Crippen LogP contribution in [0.1, 0.15) is 19.7 Å². The fraction of sp³-hybridized carbons (Fsp3) is 0.150. The zero-order valence-electron chi connectivity index (χ0n) is 15.5. The lowest BCUT2D eigenvalue weighted by molar-refractivity contribution is -0.113. The van der Waals surface area contributed by atoms with Crippen molar-refractivity contribution >= 4 is 38.3 Å². The maximum Gasteiger partial charge on any atom is 0.265 e. The largest absolute Gasteiger partial charge is 0.510 e. The Balaban J connectivity index is 2.02. The van der Waals surface area contributed by atoms with Gasteiger partial charge in [0.05, 0.1) is 22.3 Å². The fourth-order valence-corrected chi connectivity index (χ4v) is 3.11. The molecule has 0 amide bonds. The summed E-state index contributed by atoms with van der Waals surface area (Å²) < 4.78 is 2.33. The number of aryl methyl sites for hydroxylation is 1. The molecule has 0 bridgehead atoms. The van der Waals surface area contributed by atoms with E-state index in [1.165, 1.54) is 18.4 Å². The highest BCUT2D eigenvalue weighted by Crippen LogP contribution is 2.20. The van der Waals surface area contributed by atoms with E-state index < -0.39 is 0 Å². The van der Waals surface area contributed by atoms with Crippen LogP contribution < -0.4 is 5.56 Å². The molecule has 0 fully saturated rings. The third-order valence-corrected chi connectivity index (χ3v) is 4.54. The highest BCUT2D eigenvalue weighted by Gasteiger charge is 2.11. The molecule has 0 aliphatic rings. The van der Waals surface area contributed by atoms with Gasteiger partial charge in [0.15, 0.2) is 11.5 Å². The number of aliphatic hydroxyl groups excluding tert-OH is 1. The van der Waals surface area contributed by atoms with Gasteiger partial charge in [0.1, 0.15) is 11.6 Å². The Bertz CT molecular complexity index is 1190. The Hall–Kier alpha value is -3.13. The summed E-state index contributed by atoms with van der Waals surface area (Å²) in [5.74, 6) is -0.00806. The first-order valence-corrected chi connectivity index (χ1v) is 9.19. The van der Waals surface area contributed by atoms with Crippen LogP contribution in [0.4, 0.5) is 5.69 Å². The standard InChI is InChI=1S/C20H17BrN4O3/c1-11(26)19(12(2)27)24-23-15-5-7-16(8-6-15)25-13(3)22-18-9-4-14(21)10-17(18)20(25)28/h4-10,26H,1-3H3/b19-11+,24-23?. The van der Waals surface area contributed by atoms with Crippen LogP contribution in [0, 0.1) is 6.92 Å². The van der Waals surface area contributed by atoms with Crippen LogP contribution >= 0.6 is 15.9 Å². The van der Waals surface area contributed by atoms with Crippen LogP contribution in [-0.4, -0.2) is 20.4 Å². The van der Waals surface area contributed by atoms with Gasteiger partial charge in [0, 0.05) is 11.4 Å². The van der Waals surface area contributed by atoms with E-state index in [0.717, 1.165) is 4.47 Å². The maximum atomic E-state index is 12.9. The molecule has 3 aromatic rings. The summed E-state index contributed by atoms with van der Waals surface area (Å²) in [6.45, 7) is 4.45. The summed E-state index contributed by atoms with van der Waals surface area (Å²) >= 11 is 3.38. The first-order chi connectivity index (χ1) is 13.3. The number of azo groups is 1. The number of aliphatic hydroxyl groups is 1. The number of aromatic nitrogens is 2. The normalized spacial score (nSPS) is 12.4. The molecular weight excluding hydrogens is 424 g/mol. The minimum Gasteiger partial charge on any atom is -0.510 e.